The van der Waals surface area contributed by atoms with Crippen LogP contribution in [0.3, 0.4) is 0 Å². The second-order valence-corrected chi connectivity index (χ2v) is 4.70. The second kappa shape index (κ2) is 8.04. The van der Waals surface area contributed by atoms with Gasteiger partial charge < -0.3 is 25.0 Å². The third-order valence-electron chi connectivity index (χ3n) is 3.17. The molecule has 3 N–H and O–H groups in total. The summed E-state index contributed by atoms with van der Waals surface area (Å²) >= 11 is 0. The molecule has 2 amide bonds. The molecule has 0 bridgehead atoms. The molecular formula is C15H20N4O3. The summed E-state index contributed by atoms with van der Waals surface area (Å²) in [5.41, 5.74) is 0.642. The predicted molar refractivity (Wildman–Crippen MR) is 81.6 cm³/mol. The van der Waals surface area contributed by atoms with E-state index in [1.54, 1.807) is 31.8 Å². The van der Waals surface area contributed by atoms with Crippen LogP contribution in [0.4, 0.5) is 4.79 Å². The molecule has 0 aliphatic carbocycles. The third kappa shape index (κ3) is 4.49. The minimum absolute atomic E-state index is 0.108. The van der Waals surface area contributed by atoms with Gasteiger partial charge in [0.15, 0.2) is 0 Å². The quantitative estimate of drug-likeness (QED) is 0.710. The Morgan fingerprint density at radius 1 is 1.41 bits per heavy atom. The van der Waals surface area contributed by atoms with Gasteiger partial charge in [0.25, 0.3) is 0 Å². The Balaban J connectivity index is 1.73. The monoisotopic (exact) mass is 304 g/mol. The molecule has 0 radical (unpaired) electrons. The van der Waals surface area contributed by atoms with E-state index in [9.17, 15) is 9.90 Å². The van der Waals surface area contributed by atoms with Crippen molar-refractivity contribution >= 4 is 6.03 Å². The lowest BCUT2D eigenvalue weighted by atomic mass is 10.1. The van der Waals surface area contributed by atoms with Crippen LogP contribution in [0.25, 0.3) is 0 Å². The molecule has 7 heteroatoms. The fourth-order valence-corrected chi connectivity index (χ4v) is 2.02. The largest absolute Gasteiger partial charge is 0.496 e. The van der Waals surface area contributed by atoms with E-state index in [-0.39, 0.29) is 12.6 Å². The van der Waals surface area contributed by atoms with Crippen molar-refractivity contribution in [3.05, 3.63) is 48.5 Å². The SMILES string of the molecule is COc1ccccc1[C@H](O)CNC(=O)NCCn1ccnc1. The number of urea groups is 1. The van der Waals surface area contributed by atoms with Crippen LogP contribution < -0.4 is 15.4 Å². The lowest BCUT2D eigenvalue weighted by Crippen LogP contribution is -2.39. The Labute approximate surface area is 128 Å². The fraction of sp³-hybridized carbons (Fsp3) is 0.333. The van der Waals surface area contributed by atoms with Gasteiger partial charge in [-0.15, -0.1) is 0 Å². The van der Waals surface area contributed by atoms with Crippen molar-refractivity contribution in [1.29, 1.82) is 0 Å². The van der Waals surface area contributed by atoms with Crippen molar-refractivity contribution in [1.82, 2.24) is 20.2 Å². The number of benzene rings is 1. The molecule has 0 saturated carbocycles. The molecule has 118 valence electrons. The number of para-hydroxylation sites is 1. The molecule has 22 heavy (non-hydrogen) atoms. The van der Waals surface area contributed by atoms with Crippen LogP contribution >= 0.6 is 0 Å². The highest BCUT2D eigenvalue weighted by molar-refractivity contribution is 5.73. The highest BCUT2D eigenvalue weighted by Crippen LogP contribution is 2.23. The molecule has 1 heterocycles. The Morgan fingerprint density at radius 3 is 2.95 bits per heavy atom. The summed E-state index contributed by atoms with van der Waals surface area (Å²) in [6.45, 7) is 1.23. The van der Waals surface area contributed by atoms with E-state index in [4.69, 9.17) is 4.74 Å². The van der Waals surface area contributed by atoms with Crippen LogP contribution in [-0.4, -0.2) is 40.9 Å². The van der Waals surface area contributed by atoms with Gasteiger partial charge in [-0.05, 0) is 6.07 Å². The van der Waals surface area contributed by atoms with Crippen LogP contribution in [0.15, 0.2) is 43.0 Å². The van der Waals surface area contributed by atoms with E-state index in [1.807, 2.05) is 22.9 Å². The molecule has 0 aliphatic heterocycles. The number of aliphatic hydroxyl groups excluding tert-OH is 1. The van der Waals surface area contributed by atoms with Gasteiger partial charge in [0.05, 0.1) is 19.5 Å². The summed E-state index contributed by atoms with van der Waals surface area (Å²) in [4.78, 5) is 15.6. The molecule has 2 rings (SSSR count). The van der Waals surface area contributed by atoms with Crippen molar-refractivity contribution < 1.29 is 14.6 Å². The van der Waals surface area contributed by atoms with E-state index in [2.05, 4.69) is 15.6 Å². The van der Waals surface area contributed by atoms with E-state index >= 15 is 0 Å². The highest BCUT2D eigenvalue weighted by atomic mass is 16.5. The van der Waals surface area contributed by atoms with Crippen molar-refractivity contribution in [3.8, 4) is 5.75 Å². The van der Waals surface area contributed by atoms with Gasteiger partial charge in [-0.2, -0.15) is 0 Å². The molecule has 0 fully saturated rings. The number of carbonyl (C=O) groups excluding carboxylic acids is 1. The van der Waals surface area contributed by atoms with Gasteiger partial charge in [-0.1, -0.05) is 18.2 Å². The number of methoxy groups -OCH3 is 1. The Kier molecular flexibility index (Phi) is 5.79. The predicted octanol–water partition coefficient (Wildman–Crippen LogP) is 0.924. The van der Waals surface area contributed by atoms with Gasteiger partial charge in [-0.3, -0.25) is 0 Å². The van der Waals surface area contributed by atoms with Crippen LogP contribution in [0, 0.1) is 0 Å². The summed E-state index contributed by atoms with van der Waals surface area (Å²) < 4.78 is 7.05. The molecule has 1 aromatic carbocycles. The summed E-state index contributed by atoms with van der Waals surface area (Å²) in [6, 6.07) is 6.85. The van der Waals surface area contributed by atoms with E-state index < -0.39 is 6.10 Å². The molecular weight excluding hydrogens is 284 g/mol. The molecule has 0 spiro atoms. The Bertz CT molecular complexity index is 586. The number of nitrogens with zero attached hydrogens (tertiary/aromatic N) is 2. The van der Waals surface area contributed by atoms with E-state index in [1.165, 1.54) is 0 Å². The molecule has 7 nitrogen and oxygen atoms in total. The zero-order chi connectivity index (χ0) is 15.8. The maximum atomic E-state index is 11.7. The van der Waals surface area contributed by atoms with Crippen LogP contribution in [0.2, 0.25) is 0 Å². The molecule has 0 unspecified atom stereocenters. The first-order valence-corrected chi connectivity index (χ1v) is 6.99. The van der Waals surface area contributed by atoms with Crippen LogP contribution in [0.5, 0.6) is 5.75 Å². The Morgan fingerprint density at radius 2 is 2.23 bits per heavy atom. The van der Waals surface area contributed by atoms with Crippen LogP contribution in [0.1, 0.15) is 11.7 Å². The first-order valence-electron chi connectivity index (χ1n) is 6.99. The second-order valence-electron chi connectivity index (χ2n) is 4.70. The molecule has 0 saturated heterocycles. The maximum Gasteiger partial charge on any atom is 0.314 e. The summed E-state index contributed by atoms with van der Waals surface area (Å²) in [5, 5.41) is 15.5. The van der Waals surface area contributed by atoms with Gasteiger partial charge >= 0.3 is 6.03 Å². The smallest absolute Gasteiger partial charge is 0.314 e. The normalized spacial score (nSPS) is 11.7. The lowest BCUT2D eigenvalue weighted by molar-refractivity contribution is 0.169. The highest BCUT2D eigenvalue weighted by Gasteiger charge is 2.13. The number of carbonyl (C=O) groups is 1. The first-order chi connectivity index (χ1) is 10.7. The van der Waals surface area contributed by atoms with Crippen molar-refractivity contribution in [2.45, 2.75) is 12.6 Å². The summed E-state index contributed by atoms with van der Waals surface area (Å²) in [7, 11) is 1.54. The standard InChI is InChI=1S/C15H20N4O3/c1-22-14-5-3-2-4-12(14)13(20)10-18-15(21)17-7-9-19-8-6-16-11-19/h2-6,8,11,13,20H,7,9-10H2,1H3,(H2,17,18,21)/t13-/m1/s1. The van der Waals surface area contributed by atoms with Gasteiger partial charge in [0.1, 0.15) is 5.75 Å². The number of aromatic nitrogens is 2. The van der Waals surface area contributed by atoms with Crippen molar-refractivity contribution in [3.63, 3.8) is 0 Å². The first kappa shape index (κ1) is 15.8. The number of nitrogens with one attached hydrogen (secondary N) is 2. The van der Waals surface area contributed by atoms with Gasteiger partial charge in [-0.25, -0.2) is 9.78 Å². The molecule has 1 atom stereocenters. The zero-order valence-corrected chi connectivity index (χ0v) is 12.4. The number of amides is 2. The Hall–Kier alpha value is -2.54. The number of aliphatic hydroxyl groups is 1. The van der Waals surface area contributed by atoms with E-state index in [0.29, 0.717) is 24.4 Å². The zero-order valence-electron chi connectivity index (χ0n) is 12.4. The van der Waals surface area contributed by atoms with Crippen LogP contribution in [-0.2, 0) is 6.54 Å². The number of ether oxygens (including phenoxy) is 1. The van der Waals surface area contributed by atoms with E-state index in [0.717, 1.165) is 0 Å². The number of hydrogen-bond donors (Lipinski definition) is 3. The van der Waals surface area contributed by atoms with Crippen molar-refractivity contribution in [2.24, 2.45) is 0 Å². The summed E-state index contributed by atoms with van der Waals surface area (Å²) in [5.74, 6) is 0.595. The molecule has 2 aromatic rings. The fourth-order valence-electron chi connectivity index (χ4n) is 2.02. The average Bonchev–Trinajstić information content (AvgIpc) is 3.06. The minimum Gasteiger partial charge on any atom is -0.496 e. The van der Waals surface area contributed by atoms with Crippen molar-refractivity contribution in [2.75, 3.05) is 20.2 Å². The number of rotatable bonds is 7. The van der Waals surface area contributed by atoms with Gasteiger partial charge in [0.2, 0.25) is 0 Å². The topological polar surface area (TPSA) is 88.4 Å². The lowest BCUT2D eigenvalue weighted by Gasteiger charge is -2.15. The molecule has 1 aromatic heterocycles. The average molecular weight is 304 g/mol. The number of imidazole rings is 1. The summed E-state index contributed by atoms with van der Waals surface area (Å²) in [6.07, 6.45) is 4.37. The maximum absolute atomic E-state index is 11.7. The molecule has 0 aliphatic rings. The minimum atomic E-state index is -0.824. The van der Waals surface area contributed by atoms with Gasteiger partial charge in [0, 0.05) is 37.6 Å². The number of hydrogen-bond acceptors (Lipinski definition) is 4. The third-order valence-corrected chi connectivity index (χ3v) is 3.17.